The standard InChI is InChI=1S/C11H18N2O4S2/c1-4-5-6-13(3)19(16,17)12-9-7-8(2)10(18-9)11(14)15/h7,12H,4-6H2,1-3H3,(H,14,15). The average Bonchev–Trinajstić information content (AvgIpc) is 2.66. The highest BCUT2D eigenvalue weighted by Crippen LogP contribution is 2.27. The molecule has 0 fully saturated rings. The van der Waals surface area contributed by atoms with Crippen molar-refractivity contribution < 1.29 is 18.3 Å². The van der Waals surface area contributed by atoms with Gasteiger partial charge in [-0.15, -0.1) is 11.3 Å². The van der Waals surface area contributed by atoms with Crippen LogP contribution in [0.15, 0.2) is 6.07 Å². The lowest BCUT2D eigenvalue weighted by Crippen LogP contribution is -2.33. The van der Waals surface area contributed by atoms with E-state index in [9.17, 15) is 13.2 Å². The van der Waals surface area contributed by atoms with Crippen molar-refractivity contribution in [2.45, 2.75) is 26.7 Å². The lowest BCUT2D eigenvalue weighted by Gasteiger charge is -2.16. The van der Waals surface area contributed by atoms with E-state index in [-0.39, 0.29) is 4.88 Å². The van der Waals surface area contributed by atoms with E-state index in [1.807, 2.05) is 6.92 Å². The zero-order valence-corrected chi connectivity index (χ0v) is 12.8. The van der Waals surface area contributed by atoms with E-state index in [1.54, 1.807) is 6.92 Å². The Bertz CT molecular complexity index is 551. The van der Waals surface area contributed by atoms with Gasteiger partial charge in [0.05, 0.1) is 0 Å². The first kappa shape index (κ1) is 15.9. The maximum atomic E-state index is 12.0. The van der Waals surface area contributed by atoms with Gasteiger partial charge >= 0.3 is 16.2 Å². The molecule has 0 saturated heterocycles. The Morgan fingerprint density at radius 3 is 2.63 bits per heavy atom. The number of carboxylic acids is 1. The highest BCUT2D eigenvalue weighted by Gasteiger charge is 2.20. The fraction of sp³-hybridized carbons (Fsp3) is 0.545. The lowest BCUT2D eigenvalue weighted by molar-refractivity contribution is 0.0701. The van der Waals surface area contributed by atoms with Crippen molar-refractivity contribution in [3.63, 3.8) is 0 Å². The van der Waals surface area contributed by atoms with E-state index in [1.165, 1.54) is 17.4 Å². The van der Waals surface area contributed by atoms with Gasteiger partial charge in [0, 0.05) is 13.6 Å². The Hall–Kier alpha value is -1.12. The maximum absolute atomic E-state index is 12.0. The summed E-state index contributed by atoms with van der Waals surface area (Å²) in [6.07, 6.45) is 1.68. The van der Waals surface area contributed by atoms with Crippen molar-refractivity contribution in [1.29, 1.82) is 0 Å². The van der Waals surface area contributed by atoms with Crippen molar-refractivity contribution in [3.05, 3.63) is 16.5 Å². The molecular formula is C11H18N2O4S2. The fourth-order valence-electron chi connectivity index (χ4n) is 1.45. The van der Waals surface area contributed by atoms with E-state index in [2.05, 4.69) is 4.72 Å². The van der Waals surface area contributed by atoms with E-state index in [0.29, 0.717) is 17.1 Å². The maximum Gasteiger partial charge on any atom is 0.346 e. The summed E-state index contributed by atoms with van der Waals surface area (Å²) in [6.45, 7) is 4.05. The van der Waals surface area contributed by atoms with Crippen molar-refractivity contribution in [2.24, 2.45) is 0 Å². The second kappa shape index (κ2) is 6.36. The molecule has 8 heteroatoms. The van der Waals surface area contributed by atoms with Crippen molar-refractivity contribution in [2.75, 3.05) is 18.3 Å². The van der Waals surface area contributed by atoms with Crippen molar-refractivity contribution in [1.82, 2.24) is 4.31 Å². The number of carboxylic acid groups (broad SMARTS) is 1. The predicted molar refractivity (Wildman–Crippen MR) is 76.1 cm³/mol. The van der Waals surface area contributed by atoms with Gasteiger partial charge < -0.3 is 5.11 Å². The Morgan fingerprint density at radius 2 is 2.16 bits per heavy atom. The van der Waals surface area contributed by atoms with E-state index < -0.39 is 16.2 Å². The summed E-state index contributed by atoms with van der Waals surface area (Å²) < 4.78 is 27.6. The van der Waals surface area contributed by atoms with Crippen molar-refractivity contribution in [3.8, 4) is 0 Å². The number of aryl methyl sites for hydroxylation is 1. The molecule has 0 spiro atoms. The van der Waals surface area contributed by atoms with Gasteiger partial charge in [-0.05, 0) is 25.0 Å². The molecule has 1 rings (SSSR count). The normalized spacial score (nSPS) is 11.8. The van der Waals surface area contributed by atoms with E-state index in [4.69, 9.17) is 5.11 Å². The van der Waals surface area contributed by atoms with Gasteiger partial charge in [0.2, 0.25) is 0 Å². The highest BCUT2D eigenvalue weighted by atomic mass is 32.2. The highest BCUT2D eigenvalue weighted by molar-refractivity contribution is 7.90. The van der Waals surface area contributed by atoms with Crippen LogP contribution in [0.25, 0.3) is 0 Å². The Labute approximate surface area is 117 Å². The molecule has 0 aliphatic heterocycles. The Kier molecular flexibility index (Phi) is 5.33. The zero-order valence-electron chi connectivity index (χ0n) is 11.1. The number of carbonyl (C=O) groups is 1. The third-order valence-electron chi connectivity index (χ3n) is 2.58. The Balaban J connectivity index is 2.84. The second-order valence-corrected chi connectivity index (χ2v) is 7.04. The molecule has 108 valence electrons. The number of hydrogen-bond donors (Lipinski definition) is 2. The smallest absolute Gasteiger partial charge is 0.346 e. The monoisotopic (exact) mass is 306 g/mol. The molecule has 0 radical (unpaired) electrons. The van der Waals surface area contributed by atoms with Gasteiger partial charge in [-0.1, -0.05) is 13.3 Å². The van der Waals surface area contributed by atoms with Crippen LogP contribution in [0.1, 0.15) is 35.0 Å². The number of unbranched alkanes of at least 4 members (excludes halogenated alkanes) is 1. The molecule has 0 amide bonds. The van der Waals surface area contributed by atoms with Gasteiger partial charge in [-0.2, -0.15) is 12.7 Å². The van der Waals surface area contributed by atoms with Gasteiger partial charge in [-0.25, -0.2) is 4.79 Å². The molecule has 1 aromatic heterocycles. The number of aromatic carboxylic acids is 1. The zero-order chi connectivity index (χ0) is 14.6. The fourth-order valence-corrected chi connectivity index (χ4v) is 3.53. The van der Waals surface area contributed by atoms with Crippen LogP contribution in [0.5, 0.6) is 0 Å². The van der Waals surface area contributed by atoms with Crippen LogP contribution in [0.2, 0.25) is 0 Å². The molecule has 0 saturated carbocycles. The SMILES string of the molecule is CCCCN(C)S(=O)(=O)Nc1cc(C)c(C(=O)O)s1. The minimum absolute atomic E-state index is 0.147. The minimum atomic E-state index is -3.61. The summed E-state index contributed by atoms with van der Waals surface area (Å²) in [4.78, 5) is 11.0. The van der Waals surface area contributed by atoms with Crippen LogP contribution >= 0.6 is 11.3 Å². The number of rotatable bonds is 7. The summed E-state index contributed by atoms with van der Waals surface area (Å²) in [5.41, 5.74) is 0.548. The number of hydrogen-bond acceptors (Lipinski definition) is 4. The molecule has 6 nitrogen and oxygen atoms in total. The van der Waals surface area contributed by atoms with Crippen molar-refractivity contribution >= 4 is 32.5 Å². The van der Waals surface area contributed by atoms with E-state index >= 15 is 0 Å². The van der Waals surface area contributed by atoms with Gasteiger partial charge in [0.15, 0.2) is 0 Å². The predicted octanol–water partition coefficient (Wildman–Crippen LogP) is 2.14. The van der Waals surface area contributed by atoms with Crippen LogP contribution in [0.3, 0.4) is 0 Å². The number of nitrogens with zero attached hydrogens (tertiary/aromatic N) is 1. The molecule has 0 unspecified atom stereocenters. The van der Waals surface area contributed by atoms with Gasteiger partial charge in [0.1, 0.15) is 9.88 Å². The lowest BCUT2D eigenvalue weighted by atomic mass is 10.3. The van der Waals surface area contributed by atoms with Crippen LogP contribution in [-0.4, -0.2) is 37.4 Å². The quantitative estimate of drug-likeness (QED) is 0.808. The largest absolute Gasteiger partial charge is 0.477 e. The summed E-state index contributed by atoms with van der Waals surface area (Å²) in [5, 5.41) is 9.24. The summed E-state index contributed by atoms with van der Waals surface area (Å²) in [7, 11) is -2.12. The Morgan fingerprint density at radius 1 is 1.53 bits per heavy atom. The van der Waals surface area contributed by atoms with Crippen LogP contribution in [0.4, 0.5) is 5.00 Å². The second-order valence-electron chi connectivity index (χ2n) is 4.21. The first-order valence-electron chi connectivity index (χ1n) is 5.85. The molecule has 0 bridgehead atoms. The van der Waals surface area contributed by atoms with Crippen LogP contribution in [0, 0.1) is 6.92 Å². The number of nitrogens with one attached hydrogen (secondary N) is 1. The molecule has 1 aromatic rings. The van der Waals surface area contributed by atoms with Crippen LogP contribution < -0.4 is 4.72 Å². The molecule has 0 aliphatic rings. The van der Waals surface area contributed by atoms with Gasteiger partial charge in [-0.3, -0.25) is 4.72 Å². The molecular weight excluding hydrogens is 288 g/mol. The summed E-state index contributed by atoms with van der Waals surface area (Å²) >= 11 is 0.919. The molecule has 2 N–H and O–H groups in total. The first-order valence-corrected chi connectivity index (χ1v) is 8.11. The molecule has 19 heavy (non-hydrogen) atoms. The third-order valence-corrected chi connectivity index (χ3v) is 5.33. The molecule has 0 atom stereocenters. The number of thiophene rings is 1. The summed E-state index contributed by atoms with van der Waals surface area (Å²) in [5.74, 6) is -1.05. The molecule has 1 heterocycles. The molecule has 0 aliphatic carbocycles. The summed E-state index contributed by atoms with van der Waals surface area (Å²) in [6, 6.07) is 1.53. The van der Waals surface area contributed by atoms with Gasteiger partial charge in [0.25, 0.3) is 0 Å². The topological polar surface area (TPSA) is 86.7 Å². The minimum Gasteiger partial charge on any atom is -0.477 e. The average molecular weight is 306 g/mol. The molecule has 0 aromatic carbocycles. The number of anilines is 1. The first-order chi connectivity index (χ1) is 8.77. The van der Waals surface area contributed by atoms with Crippen LogP contribution in [-0.2, 0) is 10.2 Å². The van der Waals surface area contributed by atoms with E-state index in [0.717, 1.165) is 24.2 Å². The third kappa shape index (κ3) is 4.19.